The van der Waals surface area contributed by atoms with Gasteiger partial charge in [0, 0.05) is 37.9 Å². The molecule has 2 aliphatic heterocycles. The van der Waals surface area contributed by atoms with Crippen LogP contribution in [-0.2, 0) is 6.54 Å². The zero-order valence-corrected chi connectivity index (χ0v) is 13.6. The Hall–Kier alpha value is -2.02. The minimum Gasteiger partial charge on any atom is -0.356 e. The fraction of sp³-hybridized carbons (Fsp3) is 0.625. The first-order valence-corrected chi connectivity index (χ1v) is 8.23. The smallest absolute Gasteiger partial charge is 0.213 e. The average molecular weight is 314 g/mol. The fourth-order valence-corrected chi connectivity index (χ4v) is 3.72. The lowest BCUT2D eigenvalue weighted by atomic mass is 10.0. The van der Waals surface area contributed by atoms with E-state index in [4.69, 9.17) is 4.52 Å². The van der Waals surface area contributed by atoms with Crippen molar-refractivity contribution in [1.29, 1.82) is 0 Å². The number of fused-ring (bicyclic) bond motifs is 1. The molecule has 2 aromatic heterocycles. The van der Waals surface area contributed by atoms with Gasteiger partial charge in [-0.05, 0) is 17.8 Å². The van der Waals surface area contributed by atoms with E-state index in [1.54, 1.807) is 6.33 Å². The molecule has 2 atom stereocenters. The van der Waals surface area contributed by atoms with Crippen LogP contribution in [0.3, 0.4) is 0 Å². The highest BCUT2D eigenvalue weighted by atomic mass is 16.5. The largest absolute Gasteiger partial charge is 0.356 e. The number of likely N-dealkylation sites (tertiary alicyclic amines) is 1. The number of hydrogen-bond acceptors (Lipinski definition) is 7. The fourth-order valence-electron chi connectivity index (χ4n) is 3.72. The molecule has 23 heavy (non-hydrogen) atoms. The second kappa shape index (κ2) is 5.88. The lowest BCUT2D eigenvalue weighted by molar-refractivity contribution is 0.293. The van der Waals surface area contributed by atoms with Gasteiger partial charge in [0.1, 0.15) is 12.1 Å². The number of hydrogen-bond donors (Lipinski definition) is 0. The second-order valence-corrected chi connectivity index (χ2v) is 6.92. The molecule has 2 saturated heterocycles. The average Bonchev–Trinajstić information content (AvgIpc) is 3.24. The predicted octanol–water partition coefficient (Wildman–Crippen LogP) is 1.55. The van der Waals surface area contributed by atoms with Gasteiger partial charge in [0.05, 0.1) is 6.54 Å². The van der Waals surface area contributed by atoms with Gasteiger partial charge in [0.25, 0.3) is 0 Å². The molecule has 0 aromatic carbocycles. The quantitative estimate of drug-likeness (QED) is 0.848. The maximum atomic E-state index is 4.81. The molecule has 2 aromatic rings. The number of anilines is 1. The monoisotopic (exact) mass is 314 g/mol. The highest BCUT2D eigenvalue weighted by Crippen LogP contribution is 2.34. The van der Waals surface area contributed by atoms with Gasteiger partial charge in [-0.2, -0.15) is 4.98 Å². The van der Waals surface area contributed by atoms with Gasteiger partial charge in [0.2, 0.25) is 6.39 Å². The predicted molar refractivity (Wildman–Crippen MR) is 84.9 cm³/mol. The van der Waals surface area contributed by atoms with E-state index in [0.29, 0.717) is 17.8 Å². The lowest BCUT2D eigenvalue weighted by Gasteiger charge is -2.22. The van der Waals surface area contributed by atoms with Gasteiger partial charge >= 0.3 is 0 Å². The van der Waals surface area contributed by atoms with E-state index < -0.39 is 0 Å². The van der Waals surface area contributed by atoms with Crippen molar-refractivity contribution in [3.63, 3.8) is 0 Å². The molecular formula is C16H22N6O. The molecule has 7 heteroatoms. The second-order valence-electron chi connectivity index (χ2n) is 6.92. The third-order valence-corrected chi connectivity index (χ3v) is 4.92. The van der Waals surface area contributed by atoms with Gasteiger partial charge < -0.3 is 9.42 Å². The van der Waals surface area contributed by atoms with Crippen LogP contribution in [0.25, 0.3) is 0 Å². The highest BCUT2D eigenvalue weighted by Gasteiger charge is 2.40. The molecule has 2 aliphatic rings. The molecule has 4 heterocycles. The van der Waals surface area contributed by atoms with Gasteiger partial charge in [-0.25, -0.2) is 9.97 Å². The Morgan fingerprint density at radius 2 is 1.91 bits per heavy atom. The summed E-state index contributed by atoms with van der Waals surface area (Å²) in [6.45, 7) is 9.45. The van der Waals surface area contributed by atoms with Crippen molar-refractivity contribution in [3.8, 4) is 0 Å². The maximum absolute atomic E-state index is 4.81. The summed E-state index contributed by atoms with van der Waals surface area (Å²) in [4.78, 5) is 17.8. The van der Waals surface area contributed by atoms with Crippen molar-refractivity contribution in [2.75, 3.05) is 31.1 Å². The topological polar surface area (TPSA) is 71.2 Å². The van der Waals surface area contributed by atoms with E-state index in [-0.39, 0.29) is 0 Å². The Labute approximate surface area is 135 Å². The normalized spacial score (nSPS) is 24.6. The molecule has 0 amide bonds. The molecule has 122 valence electrons. The lowest BCUT2D eigenvalue weighted by Crippen LogP contribution is -2.29. The van der Waals surface area contributed by atoms with Crippen LogP contribution in [0.4, 0.5) is 5.82 Å². The SMILES string of the molecule is CC(C)c1cc(N2CC3CN(Cc4ncon4)CC3C2)ncn1. The Morgan fingerprint density at radius 1 is 1.13 bits per heavy atom. The zero-order valence-electron chi connectivity index (χ0n) is 13.6. The number of nitrogens with zero attached hydrogens (tertiary/aromatic N) is 6. The minimum absolute atomic E-state index is 0.435. The van der Waals surface area contributed by atoms with Gasteiger partial charge in [0.15, 0.2) is 5.82 Å². The number of rotatable bonds is 4. The zero-order chi connectivity index (χ0) is 15.8. The molecule has 0 spiro atoms. The summed E-state index contributed by atoms with van der Waals surface area (Å²) in [5.41, 5.74) is 1.12. The first kappa shape index (κ1) is 14.6. The summed E-state index contributed by atoms with van der Waals surface area (Å²) in [5, 5.41) is 3.91. The maximum Gasteiger partial charge on any atom is 0.213 e. The molecular weight excluding hydrogens is 292 g/mol. The first-order valence-electron chi connectivity index (χ1n) is 8.23. The van der Waals surface area contributed by atoms with Crippen molar-refractivity contribution in [2.24, 2.45) is 11.8 Å². The molecule has 2 unspecified atom stereocenters. The van der Waals surface area contributed by atoms with E-state index in [0.717, 1.165) is 50.1 Å². The molecule has 0 radical (unpaired) electrons. The molecule has 0 bridgehead atoms. The third kappa shape index (κ3) is 2.93. The first-order chi connectivity index (χ1) is 11.2. The summed E-state index contributed by atoms with van der Waals surface area (Å²) in [5.74, 6) is 3.67. The molecule has 4 rings (SSSR count). The Kier molecular flexibility index (Phi) is 3.72. The highest BCUT2D eigenvalue weighted by molar-refractivity contribution is 5.41. The molecule has 2 fully saturated rings. The van der Waals surface area contributed by atoms with Crippen molar-refractivity contribution in [2.45, 2.75) is 26.3 Å². The van der Waals surface area contributed by atoms with Crippen LogP contribution >= 0.6 is 0 Å². The van der Waals surface area contributed by atoms with Crippen LogP contribution < -0.4 is 4.90 Å². The van der Waals surface area contributed by atoms with Crippen LogP contribution in [-0.4, -0.2) is 51.2 Å². The summed E-state index contributed by atoms with van der Waals surface area (Å²) in [6.07, 6.45) is 3.09. The van der Waals surface area contributed by atoms with Crippen LogP contribution in [0, 0.1) is 11.8 Å². The van der Waals surface area contributed by atoms with Crippen molar-refractivity contribution in [1.82, 2.24) is 25.0 Å². The van der Waals surface area contributed by atoms with Crippen LogP contribution in [0.2, 0.25) is 0 Å². The van der Waals surface area contributed by atoms with E-state index >= 15 is 0 Å². The summed E-state index contributed by atoms with van der Waals surface area (Å²) in [6, 6.07) is 2.14. The number of aromatic nitrogens is 4. The van der Waals surface area contributed by atoms with E-state index in [9.17, 15) is 0 Å². The Morgan fingerprint density at radius 3 is 2.57 bits per heavy atom. The van der Waals surface area contributed by atoms with Gasteiger partial charge in [-0.1, -0.05) is 19.0 Å². The van der Waals surface area contributed by atoms with Crippen LogP contribution in [0.15, 0.2) is 23.3 Å². The van der Waals surface area contributed by atoms with E-state index in [1.165, 1.54) is 6.39 Å². The van der Waals surface area contributed by atoms with Crippen molar-refractivity contribution >= 4 is 5.82 Å². The van der Waals surface area contributed by atoms with Crippen LogP contribution in [0.1, 0.15) is 31.3 Å². The van der Waals surface area contributed by atoms with Crippen molar-refractivity contribution < 1.29 is 4.52 Å². The molecule has 7 nitrogen and oxygen atoms in total. The standard InChI is InChI=1S/C16H22N6O/c1-11(2)14-3-16(18-9-17-14)22-6-12-4-21(5-13(12)7-22)8-15-19-10-23-20-15/h3,9-13H,4-8H2,1-2H3. The van der Waals surface area contributed by atoms with Crippen molar-refractivity contribution in [3.05, 3.63) is 30.3 Å². The summed E-state index contributed by atoms with van der Waals surface area (Å²) >= 11 is 0. The van der Waals surface area contributed by atoms with Crippen LogP contribution in [0.5, 0.6) is 0 Å². The Balaban J connectivity index is 1.39. The molecule has 0 saturated carbocycles. The minimum atomic E-state index is 0.435. The van der Waals surface area contributed by atoms with Gasteiger partial charge in [-0.3, -0.25) is 4.90 Å². The molecule has 0 aliphatic carbocycles. The molecule has 0 N–H and O–H groups in total. The van der Waals surface area contributed by atoms with Gasteiger partial charge in [-0.15, -0.1) is 0 Å². The summed E-state index contributed by atoms with van der Waals surface area (Å²) < 4.78 is 4.81. The third-order valence-electron chi connectivity index (χ3n) is 4.92. The Bertz CT molecular complexity index is 644. The van der Waals surface area contributed by atoms with E-state index in [2.05, 4.69) is 49.8 Å². The van der Waals surface area contributed by atoms with E-state index in [1.807, 2.05) is 0 Å². The summed E-state index contributed by atoms with van der Waals surface area (Å²) in [7, 11) is 0.